The molecule has 0 saturated carbocycles. The smallest absolute Gasteiger partial charge is 0.305 e. The zero-order chi connectivity index (χ0) is 13.2. The molecule has 0 radical (unpaired) electrons. The zero-order valence-corrected chi connectivity index (χ0v) is 11.0. The Kier molecular flexibility index (Phi) is 7.41. The maximum atomic E-state index is 11.4. The van der Waals surface area contributed by atoms with E-state index >= 15 is 0 Å². The molecule has 5 nitrogen and oxygen atoms in total. The lowest BCUT2D eigenvalue weighted by atomic mass is 10.2. The molecule has 104 valence electrons. The molecule has 1 aliphatic rings. The number of hydrogen-bond acceptors (Lipinski definition) is 5. The third kappa shape index (κ3) is 6.59. The van der Waals surface area contributed by atoms with Crippen LogP contribution in [0.3, 0.4) is 0 Å². The Balaban J connectivity index is 1.97. The molecule has 0 spiro atoms. The molecule has 1 fully saturated rings. The van der Waals surface area contributed by atoms with E-state index in [0.29, 0.717) is 19.6 Å². The van der Waals surface area contributed by atoms with Crippen molar-refractivity contribution in [2.24, 2.45) is 0 Å². The highest BCUT2D eigenvalue weighted by Gasteiger charge is 2.17. The van der Waals surface area contributed by atoms with Gasteiger partial charge in [0.25, 0.3) is 0 Å². The van der Waals surface area contributed by atoms with Crippen molar-refractivity contribution in [2.45, 2.75) is 51.6 Å². The molecule has 5 heteroatoms. The van der Waals surface area contributed by atoms with Gasteiger partial charge in [0.15, 0.2) is 0 Å². The van der Waals surface area contributed by atoms with Gasteiger partial charge in [-0.3, -0.25) is 9.59 Å². The average molecular weight is 258 g/mol. The Bertz CT molecular complexity index is 258. The summed E-state index contributed by atoms with van der Waals surface area (Å²) in [7, 11) is 0. The molecule has 0 amide bonds. The van der Waals surface area contributed by atoms with E-state index < -0.39 is 0 Å². The SMILES string of the molecule is CCCOC(=O)CCCC(=O)OCC1CCCO1. The largest absolute Gasteiger partial charge is 0.466 e. The molecule has 0 aromatic heterocycles. The first-order valence-electron chi connectivity index (χ1n) is 6.65. The van der Waals surface area contributed by atoms with Crippen LogP contribution in [-0.4, -0.2) is 37.9 Å². The van der Waals surface area contributed by atoms with Crippen molar-refractivity contribution in [2.75, 3.05) is 19.8 Å². The summed E-state index contributed by atoms with van der Waals surface area (Å²) in [6, 6.07) is 0. The number of carbonyl (C=O) groups excluding carboxylic acids is 2. The maximum absolute atomic E-state index is 11.4. The number of carbonyl (C=O) groups is 2. The topological polar surface area (TPSA) is 61.8 Å². The minimum atomic E-state index is -0.270. The van der Waals surface area contributed by atoms with Crippen LogP contribution in [0.2, 0.25) is 0 Å². The lowest BCUT2D eigenvalue weighted by Gasteiger charge is -2.09. The van der Waals surface area contributed by atoms with Gasteiger partial charge in [0.05, 0.1) is 12.7 Å². The van der Waals surface area contributed by atoms with Crippen molar-refractivity contribution in [3.05, 3.63) is 0 Å². The van der Waals surface area contributed by atoms with E-state index in [-0.39, 0.29) is 30.9 Å². The molecule has 1 rings (SSSR count). The fourth-order valence-electron chi connectivity index (χ4n) is 1.70. The van der Waals surface area contributed by atoms with Gasteiger partial charge in [0.1, 0.15) is 6.61 Å². The fourth-order valence-corrected chi connectivity index (χ4v) is 1.70. The monoisotopic (exact) mass is 258 g/mol. The Morgan fingerprint density at radius 2 is 1.94 bits per heavy atom. The molecule has 1 unspecified atom stereocenters. The first kappa shape index (κ1) is 15.0. The highest BCUT2D eigenvalue weighted by atomic mass is 16.6. The lowest BCUT2D eigenvalue weighted by molar-refractivity contribution is -0.147. The molecule has 1 heterocycles. The highest BCUT2D eigenvalue weighted by molar-refractivity contribution is 5.72. The van der Waals surface area contributed by atoms with Crippen LogP contribution in [0.25, 0.3) is 0 Å². The Morgan fingerprint density at radius 1 is 1.22 bits per heavy atom. The van der Waals surface area contributed by atoms with Gasteiger partial charge in [-0.15, -0.1) is 0 Å². The number of esters is 2. The van der Waals surface area contributed by atoms with Gasteiger partial charge in [0.2, 0.25) is 0 Å². The molecule has 18 heavy (non-hydrogen) atoms. The number of ether oxygens (including phenoxy) is 3. The molecule has 0 aromatic carbocycles. The summed E-state index contributed by atoms with van der Waals surface area (Å²) in [6.07, 6.45) is 3.87. The van der Waals surface area contributed by atoms with Gasteiger partial charge < -0.3 is 14.2 Å². The summed E-state index contributed by atoms with van der Waals surface area (Å²) >= 11 is 0. The summed E-state index contributed by atoms with van der Waals surface area (Å²) in [6.45, 7) is 3.47. The maximum Gasteiger partial charge on any atom is 0.305 e. The average Bonchev–Trinajstić information content (AvgIpc) is 2.87. The quantitative estimate of drug-likeness (QED) is 0.622. The standard InChI is InChI=1S/C13H22O5/c1-2-8-17-12(14)6-3-7-13(15)18-10-11-5-4-9-16-11/h11H,2-10H2,1H3. The van der Waals surface area contributed by atoms with Crippen LogP contribution >= 0.6 is 0 Å². The third-order valence-corrected chi connectivity index (χ3v) is 2.68. The van der Waals surface area contributed by atoms with Crippen molar-refractivity contribution < 1.29 is 23.8 Å². The molecule has 0 N–H and O–H groups in total. The molecule has 0 aliphatic carbocycles. The van der Waals surface area contributed by atoms with Gasteiger partial charge in [-0.25, -0.2) is 0 Å². The first-order chi connectivity index (χ1) is 8.72. The number of rotatable bonds is 8. The minimum absolute atomic E-state index is 0.0588. The Morgan fingerprint density at radius 3 is 2.56 bits per heavy atom. The highest BCUT2D eigenvalue weighted by Crippen LogP contribution is 2.12. The molecule has 1 saturated heterocycles. The van der Waals surface area contributed by atoms with E-state index in [1.165, 1.54) is 0 Å². The van der Waals surface area contributed by atoms with Crippen LogP contribution in [0, 0.1) is 0 Å². The second-order valence-electron chi connectivity index (χ2n) is 4.39. The molecule has 1 aliphatic heterocycles. The van der Waals surface area contributed by atoms with Crippen molar-refractivity contribution in [1.82, 2.24) is 0 Å². The molecule has 0 bridgehead atoms. The van der Waals surface area contributed by atoms with Crippen molar-refractivity contribution >= 4 is 11.9 Å². The van der Waals surface area contributed by atoms with Crippen LogP contribution in [0.5, 0.6) is 0 Å². The van der Waals surface area contributed by atoms with Crippen LogP contribution in [0.15, 0.2) is 0 Å². The molecular weight excluding hydrogens is 236 g/mol. The van der Waals surface area contributed by atoms with Crippen molar-refractivity contribution in [3.8, 4) is 0 Å². The van der Waals surface area contributed by atoms with Gasteiger partial charge in [-0.2, -0.15) is 0 Å². The predicted octanol–water partition coefficient (Wildman–Crippen LogP) is 1.83. The van der Waals surface area contributed by atoms with Crippen LogP contribution in [-0.2, 0) is 23.8 Å². The normalized spacial score (nSPS) is 18.6. The summed E-state index contributed by atoms with van der Waals surface area (Å²) in [5, 5.41) is 0. The van der Waals surface area contributed by atoms with Crippen LogP contribution < -0.4 is 0 Å². The fraction of sp³-hybridized carbons (Fsp3) is 0.846. The molecule has 1 atom stereocenters. The second-order valence-corrected chi connectivity index (χ2v) is 4.39. The van der Waals surface area contributed by atoms with E-state index in [1.54, 1.807) is 0 Å². The van der Waals surface area contributed by atoms with Crippen molar-refractivity contribution in [1.29, 1.82) is 0 Å². The Labute approximate surface area is 108 Å². The van der Waals surface area contributed by atoms with Crippen LogP contribution in [0.1, 0.15) is 45.4 Å². The number of hydrogen-bond donors (Lipinski definition) is 0. The summed E-state index contributed by atoms with van der Waals surface area (Å²) < 4.78 is 15.3. The molecule has 0 aromatic rings. The van der Waals surface area contributed by atoms with Crippen molar-refractivity contribution in [3.63, 3.8) is 0 Å². The summed E-state index contributed by atoms with van der Waals surface area (Å²) in [4.78, 5) is 22.5. The molecular formula is C13H22O5. The van der Waals surface area contributed by atoms with Gasteiger partial charge in [0, 0.05) is 19.4 Å². The summed E-state index contributed by atoms with van der Waals surface area (Å²) in [5.41, 5.74) is 0. The Hall–Kier alpha value is -1.10. The summed E-state index contributed by atoms with van der Waals surface area (Å²) in [5.74, 6) is -0.516. The zero-order valence-electron chi connectivity index (χ0n) is 11.0. The first-order valence-corrected chi connectivity index (χ1v) is 6.65. The second kappa shape index (κ2) is 8.91. The van der Waals surface area contributed by atoms with Crippen LogP contribution in [0.4, 0.5) is 0 Å². The minimum Gasteiger partial charge on any atom is -0.466 e. The lowest BCUT2D eigenvalue weighted by Crippen LogP contribution is -2.17. The van der Waals surface area contributed by atoms with E-state index in [1.807, 2.05) is 6.92 Å². The predicted molar refractivity (Wildman–Crippen MR) is 65.0 cm³/mol. The van der Waals surface area contributed by atoms with E-state index in [0.717, 1.165) is 25.9 Å². The van der Waals surface area contributed by atoms with E-state index in [2.05, 4.69) is 0 Å². The third-order valence-electron chi connectivity index (χ3n) is 2.68. The van der Waals surface area contributed by atoms with E-state index in [9.17, 15) is 9.59 Å². The van der Waals surface area contributed by atoms with Gasteiger partial charge >= 0.3 is 11.9 Å². The van der Waals surface area contributed by atoms with E-state index in [4.69, 9.17) is 14.2 Å². The van der Waals surface area contributed by atoms with Gasteiger partial charge in [-0.1, -0.05) is 6.92 Å². The van der Waals surface area contributed by atoms with Gasteiger partial charge in [-0.05, 0) is 25.7 Å².